The van der Waals surface area contributed by atoms with Gasteiger partial charge in [0.15, 0.2) is 0 Å². The lowest BCUT2D eigenvalue weighted by Crippen LogP contribution is -2.35. The van der Waals surface area contributed by atoms with Gasteiger partial charge in [-0.1, -0.05) is 61.8 Å². The predicted molar refractivity (Wildman–Crippen MR) is 156 cm³/mol. The number of carbonyl (C=O) groups excluding carboxylic acids is 1. The molecule has 0 aliphatic carbocycles. The summed E-state index contributed by atoms with van der Waals surface area (Å²) in [5.41, 5.74) is 4.36. The van der Waals surface area contributed by atoms with Gasteiger partial charge in [-0.05, 0) is 58.5 Å². The number of aliphatic carboxylic acids is 1. The lowest BCUT2D eigenvalue weighted by atomic mass is 9.99. The molecule has 2 bridgehead atoms. The molecule has 4 rings (SSSR count). The van der Waals surface area contributed by atoms with Crippen LogP contribution in [0, 0.1) is 5.92 Å². The van der Waals surface area contributed by atoms with E-state index >= 15 is 0 Å². The lowest BCUT2D eigenvalue weighted by molar-refractivity contribution is -0.137. The van der Waals surface area contributed by atoms with Gasteiger partial charge in [0.1, 0.15) is 18.9 Å². The third-order valence-corrected chi connectivity index (χ3v) is 6.87. The second-order valence-electron chi connectivity index (χ2n) is 10.6. The van der Waals surface area contributed by atoms with Crippen molar-refractivity contribution in [1.29, 1.82) is 0 Å². The van der Waals surface area contributed by atoms with Gasteiger partial charge in [-0.25, -0.2) is 0 Å². The van der Waals surface area contributed by atoms with Crippen molar-refractivity contribution in [2.45, 2.75) is 33.4 Å². The van der Waals surface area contributed by atoms with Crippen LogP contribution in [0.25, 0.3) is 0 Å². The molecule has 8 heteroatoms. The van der Waals surface area contributed by atoms with Gasteiger partial charge in [-0.2, -0.15) is 0 Å². The molecule has 1 heterocycles. The van der Waals surface area contributed by atoms with Crippen molar-refractivity contribution in [2.24, 2.45) is 5.92 Å². The van der Waals surface area contributed by atoms with Crippen molar-refractivity contribution in [1.82, 2.24) is 9.80 Å². The van der Waals surface area contributed by atoms with Gasteiger partial charge in [0.2, 0.25) is 0 Å². The van der Waals surface area contributed by atoms with Crippen LogP contribution in [0.4, 0.5) is 0 Å². The Labute approximate surface area is 241 Å². The molecular formula is C32H37ClN2O5. The molecule has 0 fully saturated rings. The van der Waals surface area contributed by atoms with E-state index in [-0.39, 0.29) is 12.5 Å². The smallest absolute Gasteiger partial charge is 0.323 e. The van der Waals surface area contributed by atoms with Gasteiger partial charge in [0.05, 0.1) is 13.2 Å². The van der Waals surface area contributed by atoms with Crippen LogP contribution >= 0.6 is 11.6 Å². The maximum atomic E-state index is 13.6. The molecule has 0 radical (unpaired) electrons. The maximum Gasteiger partial charge on any atom is 0.323 e. The Morgan fingerprint density at radius 3 is 2.58 bits per heavy atom. The fourth-order valence-corrected chi connectivity index (χ4v) is 5.18. The summed E-state index contributed by atoms with van der Waals surface area (Å²) in [6, 6.07) is 20.9. The third-order valence-electron chi connectivity index (χ3n) is 6.64. The van der Waals surface area contributed by atoms with Crippen LogP contribution in [-0.2, 0) is 29.0 Å². The van der Waals surface area contributed by atoms with E-state index in [9.17, 15) is 14.7 Å². The van der Waals surface area contributed by atoms with E-state index in [0.717, 1.165) is 36.3 Å². The molecule has 1 aliphatic rings. The fourth-order valence-electron chi connectivity index (χ4n) is 4.97. The zero-order valence-corrected chi connectivity index (χ0v) is 23.9. The van der Waals surface area contributed by atoms with Crippen LogP contribution in [0.2, 0.25) is 5.02 Å². The summed E-state index contributed by atoms with van der Waals surface area (Å²) >= 11 is 6.12. The highest BCUT2D eigenvalue weighted by atomic mass is 35.5. The predicted octanol–water partition coefficient (Wildman–Crippen LogP) is 5.52. The number of carboxylic acids is 1. The molecule has 40 heavy (non-hydrogen) atoms. The molecule has 0 unspecified atom stereocenters. The number of nitrogens with zero attached hydrogens (tertiary/aromatic N) is 2. The number of carboxylic acid groups (broad SMARTS) is 1. The standard InChI is InChI=1S/C32H37ClN2O5/c1-23(2)19-34-11-12-39-13-14-40-30-10-9-27(18-28(30)16-24-5-3-6-25(15-24)20-34)32(38)35(22-31(36)37)21-26-7-4-8-29(33)17-26/h3-10,15,17-18,23H,11-14,16,19-22H2,1-2H3,(H,36,37). The molecule has 0 saturated heterocycles. The van der Waals surface area contributed by atoms with Crippen LogP contribution in [0.1, 0.15) is 46.5 Å². The number of fused-ring (bicyclic) bond motifs is 3. The minimum Gasteiger partial charge on any atom is -0.491 e. The maximum absolute atomic E-state index is 13.6. The van der Waals surface area contributed by atoms with Crippen molar-refractivity contribution in [3.05, 3.63) is 99.6 Å². The molecule has 1 N–H and O–H groups in total. The third kappa shape index (κ3) is 8.81. The quantitative estimate of drug-likeness (QED) is 0.407. The zero-order chi connectivity index (χ0) is 28.5. The fraction of sp³-hybridized carbons (Fsp3) is 0.375. The van der Waals surface area contributed by atoms with E-state index in [2.05, 4.69) is 43.0 Å². The van der Waals surface area contributed by atoms with Crippen molar-refractivity contribution in [3.63, 3.8) is 0 Å². The second-order valence-corrected chi connectivity index (χ2v) is 11.0. The second kappa shape index (κ2) is 14.3. The molecule has 3 aromatic rings. The Balaban J connectivity index is 1.62. The average molecular weight is 565 g/mol. The monoisotopic (exact) mass is 564 g/mol. The molecule has 0 saturated carbocycles. The number of hydrogen-bond donors (Lipinski definition) is 1. The topological polar surface area (TPSA) is 79.3 Å². The first kappa shape index (κ1) is 29.6. The van der Waals surface area contributed by atoms with Crippen LogP contribution < -0.4 is 4.74 Å². The number of amides is 1. The normalized spacial score (nSPS) is 14.6. The molecule has 212 valence electrons. The van der Waals surface area contributed by atoms with E-state index in [0.29, 0.717) is 48.5 Å². The van der Waals surface area contributed by atoms with Crippen molar-refractivity contribution >= 4 is 23.5 Å². The van der Waals surface area contributed by atoms with Gasteiger partial charge in [-0.15, -0.1) is 0 Å². The summed E-state index contributed by atoms with van der Waals surface area (Å²) in [6.07, 6.45) is 0.572. The van der Waals surface area contributed by atoms with Crippen molar-refractivity contribution in [2.75, 3.05) is 39.5 Å². The number of benzene rings is 3. The van der Waals surface area contributed by atoms with Crippen LogP contribution in [0.5, 0.6) is 5.75 Å². The molecule has 0 aromatic heterocycles. The molecule has 0 atom stereocenters. The molecular weight excluding hydrogens is 528 g/mol. The van der Waals surface area contributed by atoms with E-state index in [1.165, 1.54) is 10.5 Å². The minimum absolute atomic E-state index is 0.130. The molecule has 1 aliphatic heterocycles. The number of rotatable bonds is 7. The highest BCUT2D eigenvalue weighted by Crippen LogP contribution is 2.26. The first-order valence-corrected chi connectivity index (χ1v) is 14.0. The highest BCUT2D eigenvalue weighted by Gasteiger charge is 2.21. The SMILES string of the molecule is CC(C)CN1CCOCCOc2ccc(C(=O)N(CC(=O)O)Cc3cccc(Cl)c3)cc2Cc2cccc(c2)C1. The molecule has 3 aromatic carbocycles. The van der Waals surface area contributed by atoms with Crippen LogP contribution in [-0.4, -0.2) is 66.2 Å². The number of halogens is 1. The van der Waals surface area contributed by atoms with E-state index in [1.807, 2.05) is 12.1 Å². The zero-order valence-electron chi connectivity index (χ0n) is 23.1. The Bertz CT molecular complexity index is 1310. The number of carbonyl (C=O) groups is 2. The Morgan fingerprint density at radius 2 is 1.80 bits per heavy atom. The largest absolute Gasteiger partial charge is 0.491 e. The van der Waals surface area contributed by atoms with E-state index in [4.69, 9.17) is 21.1 Å². The van der Waals surface area contributed by atoms with Gasteiger partial charge in [-0.3, -0.25) is 14.5 Å². The highest BCUT2D eigenvalue weighted by molar-refractivity contribution is 6.30. The van der Waals surface area contributed by atoms with Gasteiger partial charge >= 0.3 is 5.97 Å². The molecule has 1 amide bonds. The summed E-state index contributed by atoms with van der Waals surface area (Å²) in [6.45, 7) is 8.31. The van der Waals surface area contributed by atoms with Crippen LogP contribution in [0.15, 0.2) is 66.7 Å². The van der Waals surface area contributed by atoms with E-state index in [1.54, 1.807) is 30.3 Å². The van der Waals surface area contributed by atoms with Gasteiger partial charge in [0.25, 0.3) is 5.91 Å². The Kier molecular flexibility index (Phi) is 10.6. The van der Waals surface area contributed by atoms with Crippen LogP contribution in [0.3, 0.4) is 0 Å². The lowest BCUT2D eigenvalue weighted by Gasteiger charge is -2.25. The van der Waals surface area contributed by atoms with E-state index < -0.39 is 12.5 Å². The summed E-state index contributed by atoms with van der Waals surface area (Å²) in [5.74, 6) is -0.220. The molecule has 0 spiro atoms. The average Bonchev–Trinajstić information content (AvgIpc) is 2.89. The van der Waals surface area contributed by atoms with Gasteiger partial charge in [0, 0.05) is 43.2 Å². The summed E-state index contributed by atoms with van der Waals surface area (Å²) in [5, 5.41) is 10.0. The summed E-state index contributed by atoms with van der Waals surface area (Å²) in [7, 11) is 0. The number of ether oxygens (including phenoxy) is 2. The first-order chi connectivity index (χ1) is 19.3. The van der Waals surface area contributed by atoms with Crippen molar-refractivity contribution < 1.29 is 24.2 Å². The first-order valence-electron chi connectivity index (χ1n) is 13.7. The summed E-state index contributed by atoms with van der Waals surface area (Å²) in [4.78, 5) is 28.9. The van der Waals surface area contributed by atoms with Crippen molar-refractivity contribution in [3.8, 4) is 5.75 Å². The number of hydrogen-bond acceptors (Lipinski definition) is 5. The minimum atomic E-state index is -1.08. The molecule has 7 nitrogen and oxygen atoms in total. The van der Waals surface area contributed by atoms with Gasteiger partial charge < -0.3 is 19.5 Å². The summed E-state index contributed by atoms with van der Waals surface area (Å²) < 4.78 is 12.0. The Morgan fingerprint density at radius 1 is 1.00 bits per heavy atom. The Hall–Kier alpha value is -3.39.